The standard InChI is InChI=1S/C17H17ClFNO/c18-15-8-5-12(9-16(15)19)11-21-17-4-2-1-3-13(17)10-20-14-6-7-14/h1-5,8-9,14,20H,6-7,10-11H2. The van der Waals surface area contributed by atoms with Gasteiger partial charge in [-0.1, -0.05) is 35.9 Å². The van der Waals surface area contributed by atoms with Crippen molar-refractivity contribution in [3.63, 3.8) is 0 Å². The van der Waals surface area contributed by atoms with Crippen LogP contribution in [0, 0.1) is 5.82 Å². The number of ether oxygens (including phenoxy) is 1. The van der Waals surface area contributed by atoms with Gasteiger partial charge in [-0.25, -0.2) is 4.39 Å². The van der Waals surface area contributed by atoms with Crippen molar-refractivity contribution < 1.29 is 9.13 Å². The van der Waals surface area contributed by atoms with Gasteiger partial charge in [0.25, 0.3) is 0 Å². The fraction of sp³-hybridized carbons (Fsp3) is 0.294. The minimum atomic E-state index is -0.415. The van der Waals surface area contributed by atoms with Gasteiger partial charge in [0.05, 0.1) is 5.02 Å². The minimum Gasteiger partial charge on any atom is -0.489 e. The van der Waals surface area contributed by atoms with Crippen LogP contribution in [-0.4, -0.2) is 6.04 Å². The highest BCUT2D eigenvalue weighted by molar-refractivity contribution is 6.30. The van der Waals surface area contributed by atoms with E-state index < -0.39 is 5.82 Å². The average molecular weight is 306 g/mol. The highest BCUT2D eigenvalue weighted by Crippen LogP contribution is 2.23. The third kappa shape index (κ3) is 3.96. The van der Waals surface area contributed by atoms with Gasteiger partial charge in [0.2, 0.25) is 0 Å². The summed E-state index contributed by atoms with van der Waals surface area (Å²) in [6, 6.07) is 13.3. The topological polar surface area (TPSA) is 21.3 Å². The first-order valence-corrected chi connectivity index (χ1v) is 7.48. The second kappa shape index (κ2) is 6.46. The zero-order valence-electron chi connectivity index (χ0n) is 11.6. The van der Waals surface area contributed by atoms with Crippen LogP contribution in [0.4, 0.5) is 4.39 Å². The van der Waals surface area contributed by atoms with E-state index in [1.54, 1.807) is 12.1 Å². The minimum absolute atomic E-state index is 0.132. The molecule has 1 saturated carbocycles. The lowest BCUT2D eigenvalue weighted by molar-refractivity contribution is 0.301. The second-order valence-corrected chi connectivity index (χ2v) is 5.71. The normalized spacial score (nSPS) is 14.2. The van der Waals surface area contributed by atoms with Crippen molar-refractivity contribution in [2.24, 2.45) is 0 Å². The maximum absolute atomic E-state index is 13.4. The van der Waals surface area contributed by atoms with E-state index in [2.05, 4.69) is 5.32 Å². The molecule has 0 bridgehead atoms. The summed E-state index contributed by atoms with van der Waals surface area (Å²) in [6.07, 6.45) is 2.51. The van der Waals surface area contributed by atoms with Crippen LogP contribution < -0.4 is 10.1 Å². The molecule has 0 saturated heterocycles. The summed E-state index contributed by atoms with van der Waals surface area (Å²) in [6.45, 7) is 1.13. The van der Waals surface area contributed by atoms with E-state index in [4.69, 9.17) is 16.3 Å². The first-order valence-electron chi connectivity index (χ1n) is 7.10. The van der Waals surface area contributed by atoms with Crippen molar-refractivity contribution in [3.05, 3.63) is 64.4 Å². The maximum Gasteiger partial charge on any atom is 0.142 e. The third-order valence-corrected chi connectivity index (χ3v) is 3.82. The molecule has 0 aliphatic heterocycles. The van der Waals surface area contributed by atoms with E-state index in [-0.39, 0.29) is 5.02 Å². The Bertz CT molecular complexity index is 628. The van der Waals surface area contributed by atoms with E-state index in [9.17, 15) is 4.39 Å². The van der Waals surface area contributed by atoms with E-state index in [1.165, 1.54) is 18.9 Å². The maximum atomic E-state index is 13.4. The molecule has 1 aliphatic carbocycles. The summed E-state index contributed by atoms with van der Waals surface area (Å²) in [7, 11) is 0. The third-order valence-electron chi connectivity index (χ3n) is 3.51. The summed E-state index contributed by atoms with van der Waals surface area (Å²) in [4.78, 5) is 0. The van der Waals surface area contributed by atoms with Gasteiger partial charge in [-0.05, 0) is 36.6 Å². The Labute approximate surface area is 128 Å². The van der Waals surface area contributed by atoms with Gasteiger partial charge in [0.1, 0.15) is 18.2 Å². The molecule has 0 atom stereocenters. The zero-order valence-corrected chi connectivity index (χ0v) is 12.4. The molecule has 0 heterocycles. The predicted octanol–water partition coefficient (Wildman–Crippen LogP) is 4.31. The average Bonchev–Trinajstić information content (AvgIpc) is 3.31. The predicted molar refractivity (Wildman–Crippen MR) is 82.0 cm³/mol. The summed E-state index contributed by atoms with van der Waals surface area (Å²) in [5.41, 5.74) is 1.89. The lowest BCUT2D eigenvalue weighted by Gasteiger charge is -2.12. The Balaban J connectivity index is 1.64. The fourth-order valence-corrected chi connectivity index (χ4v) is 2.24. The Hall–Kier alpha value is -1.58. The van der Waals surface area contributed by atoms with Crippen molar-refractivity contribution in [1.29, 1.82) is 0 Å². The number of hydrogen-bond donors (Lipinski definition) is 1. The van der Waals surface area contributed by atoms with Crippen LogP contribution in [0.5, 0.6) is 5.75 Å². The molecular weight excluding hydrogens is 289 g/mol. The quantitative estimate of drug-likeness (QED) is 0.858. The van der Waals surface area contributed by atoms with Gasteiger partial charge >= 0.3 is 0 Å². The summed E-state index contributed by atoms with van der Waals surface area (Å²) in [5.74, 6) is 0.419. The SMILES string of the molecule is Fc1cc(COc2ccccc2CNC2CC2)ccc1Cl. The number of halogens is 2. The second-order valence-electron chi connectivity index (χ2n) is 5.30. The number of hydrogen-bond acceptors (Lipinski definition) is 2. The van der Waals surface area contributed by atoms with Crippen LogP contribution in [0.2, 0.25) is 5.02 Å². The molecule has 4 heteroatoms. The van der Waals surface area contributed by atoms with Crippen LogP contribution in [0.1, 0.15) is 24.0 Å². The molecule has 0 amide bonds. The molecule has 110 valence electrons. The molecule has 2 aromatic carbocycles. The fourth-order valence-electron chi connectivity index (χ4n) is 2.12. The first-order chi connectivity index (χ1) is 10.2. The van der Waals surface area contributed by atoms with E-state index in [0.717, 1.165) is 23.4 Å². The Morgan fingerprint density at radius 1 is 1.19 bits per heavy atom. The van der Waals surface area contributed by atoms with E-state index in [0.29, 0.717) is 12.6 Å². The molecule has 0 aromatic heterocycles. The molecule has 21 heavy (non-hydrogen) atoms. The van der Waals surface area contributed by atoms with Gasteiger partial charge in [0.15, 0.2) is 0 Å². The number of benzene rings is 2. The van der Waals surface area contributed by atoms with Crippen LogP contribution in [0.3, 0.4) is 0 Å². The van der Waals surface area contributed by atoms with Gasteiger partial charge in [-0.15, -0.1) is 0 Å². The van der Waals surface area contributed by atoms with Crippen molar-refractivity contribution in [2.75, 3.05) is 0 Å². The molecule has 2 aromatic rings. The smallest absolute Gasteiger partial charge is 0.142 e. The summed E-state index contributed by atoms with van der Waals surface area (Å²) >= 11 is 5.68. The van der Waals surface area contributed by atoms with Crippen molar-refractivity contribution in [1.82, 2.24) is 5.32 Å². The lowest BCUT2D eigenvalue weighted by Crippen LogP contribution is -2.16. The Kier molecular flexibility index (Phi) is 4.42. The van der Waals surface area contributed by atoms with Crippen molar-refractivity contribution in [2.45, 2.75) is 32.0 Å². The number of para-hydroxylation sites is 1. The summed E-state index contributed by atoms with van der Waals surface area (Å²) in [5, 5.41) is 3.60. The number of rotatable bonds is 6. The highest BCUT2D eigenvalue weighted by Gasteiger charge is 2.20. The molecule has 0 spiro atoms. The van der Waals surface area contributed by atoms with Crippen LogP contribution in [0.15, 0.2) is 42.5 Å². The molecular formula is C17H17ClFNO. The highest BCUT2D eigenvalue weighted by atomic mass is 35.5. The Morgan fingerprint density at radius 3 is 2.76 bits per heavy atom. The monoisotopic (exact) mass is 305 g/mol. The van der Waals surface area contributed by atoms with Crippen LogP contribution in [0.25, 0.3) is 0 Å². The van der Waals surface area contributed by atoms with Crippen LogP contribution in [-0.2, 0) is 13.2 Å². The van der Waals surface area contributed by atoms with Crippen LogP contribution >= 0.6 is 11.6 Å². The largest absolute Gasteiger partial charge is 0.489 e. The van der Waals surface area contributed by atoms with E-state index >= 15 is 0 Å². The first kappa shape index (κ1) is 14.4. The number of nitrogens with one attached hydrogen (secondary N) is 1. The van der Waals surface area contributed by atoms with Gasteiger partial charge in [-0.3, -0.25) is 0 Å². The van der Waals surface area contributed by atoms with Gasteiger partial charge in [0, 0.05) is 18.2 Å². The molecule has 0 radical (unpaired) electrons. The molecule has 1 fully saturated rings. The lowest BCUT2D eigenvalue weighted by atomic mass is 10.2. The van der Waals surface area contributed by atoms with E-state index in [1.807, 2.05) is 24.3 Å². The van der Waals surface area contributed by atoms with Crippen molar-refractivity contribution >= 4 is 11.6 Å². The summed E-state index contributed by atoms with van der Waals surface area (Å²) < 4.78 is 19.2. The molecule has 2 nitrogen and oxygen atoms in total. The molecule has 3 rings (SSSR count). The molecule has 1 aliphatic rings. The molecule has 1 N–H and O–H groups in total. The Morgan fingerprint density at radius 2 is 2.00 bits per heavy atom. The van der Waals surface area contributed by atoms with Gasteiger partial charge < -0.3 is 10.1 Å². The van der Waals surface area contributed by atoms with Crippen molar-refractivity contribution in [3.8, 4) is 5.75 Å². The van der Waals surface area contributed by atoms with Gasteiger partial charge in [-0.2, -0.15) is 0 Å². The molecule has 0 unspecified atom stereocenters. The zero-order chi connectivity index (χ0) is 14.7.